The third-order valence-corrected chi connectivity index (χ3v) is 6.20. The Hall–Kier alpha value is -3.62. The van der Waals surface area contributed by atoms with Crippen molar-refractivity contribution < 1.29 is 4.39 Å². The molecule has 0 fully saturated rings. The first-order valence-corrected chi connectivity index (χ1v) is 11.3. The molecule has 1 atom stereocenters. The van der Waals surface area contributed by atoms with Crippen LogP contribution in [0, 0.1) is 5.82 Å². The molecule has 0 aliphatic carbocycles. The molecule has 0 saturated carbocycles. The summed E-state index contributed by atoms with van der Waals surface area (Å²) in [5, 5.41) is 16.1. The van der Waals surface area contributed by atoms with Gasteiger partial charge in [0.25, 0.3) is 0 Å². The van der Waals surface area contributed by atoms with Gasteiger partial charge in [-0.1, -0.05) is 65.4 Å². The second kappa shape index (κ2) is 9.09. The lowest BCUT2D eigenvalue weighted by Crippen LogP contribution is -2.19. The molecule has 1 aliphatic rings. The van der Waals surface area contributed by atoms with E-state index in [1.54, 1.807) is 5.01 Å². The summed E-state index contributed by atoms with van der Waals surface area (Å²) in [5.74, 6) is 0.105. The van der Waals surface area contributed by atoms with E-state index in [0.717, 1.165) is 28.2 Å². The van der Waals surface area contributed by atoms with Crippen LogP contribution < -0.4 is 9.88 Å². The highest BCUT2D eigenvalue weighted by Gasteiger charge is 2.32. The van der Waals surface area contributed by atoms with Crippen molar-refractivity contribution in [3.05, 3.63) is 110 Å². The fourth-order valence-corrected chi connectivity index (χ4v) is 4.38. The molecule has 0 amide bonds. The third kappa shape index (κ3) is 4.62. The van der Waals surface area contributed by atoms with Crippen LogP contribution in [-0.4, -0.2) is 10.7 Å². The lowest BCUT2D eigenvalue weighted by molar-refractivity contribution is 0.628. The van der Waals surface area contributed by atoms with Crippen LogP contribution >= 0.6 is 22.9 Å². The van der Waals surface area contributed by atoms with Crippen molar-refractivity contribution in [1.29, 1.82) is 0 Å². The summed E-state index contributed by atoms with van der Waals surface area (Å²) in [7, 11) is 0. The van der Waals surface area contributed by atoms with E-state index in [4.69, 9.17) is 16.7 Å². The zero-order valence-electron chi connectivity index (χ0n) is 17.2. The summed E-state index contributed by atoms with van der Waals surface area (Å²) in [4.78, 5) is 14.9. The van der Waals surface area contributed by atoms with Crippen LogP contribution in [0.25, 0.3) is 0 Å². The highest BCUT2D eigenvalue weighted by atomic mass is 35.5. The van der Waals surface area contributed by atoms with Crippen molar-refractivity contribution in [2.45, 2.75) is 12.5 Å². The van der Waals surface area contributed by atoms with E-state index >= 15 is 0 Å². The number of hydrogen-bond donors (Lipinski definition) is 1. The molecule has 1 aromatic heterocycles. The predicted molar refractivity (Wildman–Crippen MR) is 130 cm³/mol. The highest BCUT2D eigenvalue weighted by molar-refractivity contribution is 7.13. The van der Waals surface area contributed by atoms with Crippen LogP contribution in [0.1, 0.15) is 23.6 Å². The fraction of sp³-hybridized carbons (Fsp3) is 0.0833. The Morgan fingerprint density at radius 2 is 1.73 bits per heavy atom. The van der Waals surface area contributed by atoms with Gasteiger partial charge in [0.2, 0.25) is 0 Å². The summed E-state index contributed by atoms with van der Waals surface area (Å²) in [5.41, 5.74) is 3.38. The number of azo groups is 1. The van der Waals surface area contributed by atoms with Crippen LogP contribution in [0.2, 0.25) is 5.02 Å². The predicted octanol–water partition coefficient (Wildman–Crippen LogP) is 7.00. The van der Waals surface area contributed by atoms with Gasteiger partial charge in [-0.05, 0) is 47.5 Å². The van der Waals surface area contributed by atoms with Gasteiger partial charge in [0, 0.05) is 11.4 Å². The first-order valence-electron chi connectivity index (χ1n) is 10.1. The van der Waals surface area contributed by atoms with Gasteiger partial charge in [0.05, 0.1) is 17.4 Å². The molecule has 0 bridgehead atoms. The molecule has 0 radical (unpaired) electrons. The standard InChI is InChI=1S/C24H17ClFN5OS/c25-17-8-6-16(7-9-17)21-14-20(15-4-2-1-3-5-15)30-31(21)22-23(33-24(32)27-22)29-28-19-12-10-18(26)11-13-19/h1-13,21H,14H2,(H,27,32). The Morgan fingerprint density at radius 3 is 2.45 bits per heavy atom. The van der Waals surface area contributed by atoms with Gasteiger partial charge in [-0.15, -0.1) is 10.2 Å². The molecule has 6 nitrogen and oxygen atoms in total. The van der Waals surface area contributed by atoms with Crippen molar-refractivity contribution >= 4 is 45.2 Å². The van der Waals surface area contributed by atoms with Gasteiger partial charge in [0.1, 0.15) is 5.82 Å². The molecule has 0 spiro atoms. The molecule has 1 aliphatic heterocycles. The van der Waals surface area contributed by atoms with Crippen LogP contribution in [0.4, 0.5) is 20.9 Å². The summed E-state index contributed by atoms with van der Waals surface area (Å²) >= 11 is 7.04. The zero-order valence-corrected chi connectivity index (χ0v) is 18.7. The van der Waals surface area contributed by atoms with Gasteiger partial charge >= 0.3 is 4.87 Å². The Labute approximate surface area is 197 Å². The van der Waals surface area contributed by atoms with E-state index in [-0.39, 0.29) is 16.7 Å². The number of halogens is 2. The summed E-state index contributed by atoms with van der Waals surface area (Å²) in [6, 6.07) is 23.0. The maximum atomic E-state index is 13.2. The first-order chi connectivity index (χ1) is 16.1. The van der Waals surface area contributed by atoms with E-state index < -0.39 is 0 Å². The number of hydrazone groups is 1. The number of rotatable bonds is 5. The molecule has 2 heterocycles. The van der Waals surface area contributed by atoms with Gasteiger partial charge in [-0.2, -0.15) is 5.10 Å². The number of aromatic amines is 1. The van der Waals surface area contributed by atoms with Gasteiger partial charge < -0.3 is 0 Å². The largest absolute Gasteiger partial charge is 0.308 e. The number of hydrogen-bond acceptors (Lipinski definition) is 6. The van der Waals surface area contributed by atoms with E-state index in [2.05, 4.69) is 15.2 Å². The monoisotopic (exact) mass is 477 g/mol. The Morgan fingerprint density at radius 1 is 1.00 bits per heavy atom. The van der Waals surface area contributed by atoms with Crippen molar-refractivity contribution in [3.63, 3.8) is 0 Å². The quantitative estimate of drug-likeness (QED) is 0.314. The van der Waals surface area contributed by atoms with Crippen molar-refractivity contribution in [2.75, 3.05) is 5.01 Å². The number of nitrogens with zero attached hydrogens (tertiary/aromatic N) is 4. The lowest BCUT2D eigenvalue weighted by atomic mass is 9.98. The lowest BCUT2D eigenvalue weighted by Gasteiger charge is -2.22. The van der Waals surface area contributed by atoms with Gasteiger partial charge in [-0.25, -0.2) is 9.40 Å². The third-order valence-electron chi connectivity index (χ3n) is 5.20. The highest BCUT2D eigenvalue weighted by Crippen LogP contribution is 2.41. The molecule has 4 aromatic rings. The van der Waals surface area contributed by atoms with Crippen LogP contribution in [-0.2, 0) is 0 Å². The average Bonchev–Trinajstić information content (AvgIpc) is 3.43. The van der Waals surface area contributed by atoms with E-state index in [9.17, 15) is 9.18 Å². The van der Waals surface area contributed by atoms with E-state index in [0.29, 0.717) is 27.9 Å². The SMILES string of the molecule is O=c1[nH]c(N2N=C(c3ccccc3)CC2c2ccc(Cl)cc2)c(N=Nc2ccc(F)cc2)s1. The van der Waals surface area contributed by atoms with Crippen LogP contribution in [0.15, 0.2) is 99.0 Å². The van der Waals surface area contributed by atoms with Crippen molar-refractivity contribution in [3.8, 4) is 0 Å². The van der Waals surface area contributed by atoms with E-state index in [1.807, 2.05) is 54.6 Å². The number of anilines is 1. The summed E-state index contributed by atoms with van der Waals surface area (Å²) < 4.78 is 13.2. The van der Waals surface area contributed by atoms with E-state index in [1.165, 1.54) is 24.3 Å². The molecule has 33 heavy (non-hydrogen) atoms. The Kier molecular flexibility index (Phi) is 5.85. The van der Waals surface area contributed by atoms with Crippen molar-refractivity contribution in [2.24, 2.45) is 15.3 Å². The molecule has 1 N–H and O–H groups in total. The molecule has 3 aromatic carbocycles. The number of nitrogens with one attached hydrogen (secondary N) is 1. The maximum Gasteiger partial charge on any atom is 0.308 e. The number of H-pyrrole nitrogens is 1. The second-order valence-electron chi connectivity index (χ2n) is 7.37. The smallest absolute Gasteiger partial charge is 0.296 e. The number of thiazole rings is 1. The summed E-state index contributed by atoms with van der Waals surface area (Å²) in [6.07, 6.45) is 0.637. The minimum atomic E-state index is -0.355. The topological polar surface area (TPSA) is 73.2 Å². The number of benzene rings is 3. The summed E-state index contributed by atoms with van der Waals surface area (Å²) in [6.45, 7) is 0. The Balaban J connectivity index is 1.55. The van der Waals surface area contributed by atoms with Crippen molar-refractivity contribution in [1.82, 2.24) is 4.98 Å². The molecule has 1 unspecified atom stereocenters. The molecular weight excluding hydrogens is 461 g/mol. The molecule has 5 rings (SSSR count). The fourth-order valence-electron chi connectivity index (χ4n) is 3.61. The zero-order chi connectivity index (χ0) is 22.8. The second-order valence-corrected chi connectivity index (χ2v) is 8.77. The first kappa shape index (κ1) is 21.2. The minimum absolute atomic E-state index is 0.164. The van der Waals surface area contributed by atoms with Gasteiger partial charge in [0.15, 0.2) is 10.8 Å². The molecule has 9 heteroatoms. The Bertz CT molecular complexity index is 1380. The van der Waals surface area contributed by atoms with Gasteiger partial charge in [-0.3, -0.25) is 9.78 Å². The normalized spacial score (nSPS) is 15.9. The van der Waals surface area contributed by atoms with Crippen LogP contribution in [0.3, 0.4) is 0 Å². The maximum absolute atomic E-state index is 13.2. The van der Waals surface area contributed by atoms with Crippen LogP contribution in [0.5, 0.6) is 0 Å². The molecular formula is C24H17ClFN5OS. The number of aromatic nitrogens is 1. The molecule has 164 valence electrons. The average molecular weight is 478 g/mol. The minimum Gasteiger partial charge on any atom is -0.296 e. The molecule has 0 saturated heterocycles.